The number of rotatable bonds is 17. The monoisotopic (exact) mass is 626 g/mol. The molecule has 0 saturated carbocycles. The second kappa shape index (κ2) is 16.8. The van der Waals surface area contributed by atoms with E-state index in [-0.39, 0.29) is 34.8 Å². The molecule has 1 aliphatic rings. The average Bonchev–Trinajstić information content (AvgIpc) is 3.37. The first-order chi connectivity index (χ1) is 22.3. The second-order valence-electron chi connectivity index (χ2n) is 10.9. The van der Waals surface area contributed by atoms with E-state index in [1.807, 2.05) is 37.3 Å². The standard InChI is InChI=1S/C35H38N4O7/c1-3-5-7-8-9-10-21-45-28-16-13-25(14-17-28)12-11-19-36-37-34-30-22-26(38(41)42)15-18-29(30)33-31(34)23-27(39(43)44)24-32(33)35(40)46-20-6-4-2/h11-19,22-24H,3-10,20-21H2,1-2H3/b12-11+,36-19+,37-34+. The molecule has 0 fully saturated rings. The minimum Gasteiger partial charge on any atom is -0.494 e. The maximum atomic E-state index is 13.1. The number of nitro groups is 2. The number of fused-ring (bicyclic) bond motifs is 3. The van der Waals surface area contributed by atoms with Crippen molar-refractivity contribution in [3.8, 4) is 16.9 Å². The van der Waals surface area contributed by atoms with E-state index in [0.717, 1.165) is 30.2 Å². The van der Waals surface area contributed by atoms with Crippen molar-refractivity contribution in [2.24, 2.45) is 10.2 Å². The zero-order chi connectivity index (χ0) is 32.9. The van der Waals surface area contributed by atoms with Gasteiger partial charge in [0.05, 0.1) is 28.6 Å². The van der Waals surface area contributed by atoms with Crippen LogP contribution in [0, 0.1) is 20.2 Å². The summed E-state index contributed by atoms with van der Waals surface area (Å²) in [5, 5.41) is 31.8. The fourth-order valence-corrected chi connectivity index (χ4v) is 5.10. The molecule has 0 aliphatic heterocycles. The van der Waals surface area contributed by atoms with Crippen LogP contribution in [0.15, 0.2) is 70.9 Å². The van der Waals surface area contributed by atoms with Crippen molar-refractivity contribution in [3.05, 3.63) is 103 Å². The van der Waals surface area contributed by atoms with Gasteiger partial charge in [-0.3, -0.25) is 20.2 Å². The van der Waals surface area contributed by atoms with Gasteiger partial charge in [0.1, 0.15) is 11.5 Å². The molecule has 11 heteroatoms. The van der Waals surface area contributed by atoms with Gasteiger partial charge in [-0.25, -0.2) is 4.79 Å². The van der Waals surface area contributed by atoms with Gasteiger partial charge < -0.3 is 9.47 Å². The lowest BCUT2D eigenvalue weighted by Crippen LogP contribution is -2.10. The van der Waals surface area contributed by atoms with E-state index in [9.17, 15) is 25.0 Å². The van der Waals surface area contributed by atoms with Gasteiger partial charge in [0.25, 0.3) is 11.4 Å². The Bertz CT molecular complexity index is 1650. The smallest absolute Gasteiger partial charge is 0.339 e. The van der Waals surface area contributed by atoms with Gasteiger partial charge in [-0.15, -0.1) is 5.10 Å². The van der Waals surface area contributed by atoms with Crippen LogP contribution in [0.5, 0.6) is 5.75 Å². The largest absolute Gasteiger partial charge is 0.494 e. The number of hydrogen-bond acceptors (Lipinski definition) is 9. The number of unbranched alkanes of at least 4 members (excludes halogenated alkanes) is 6. The van der Waals surface area contributed by atoms with Crippen molar-refractivity contribution in [1.82, 2.24) is 0 Å². The molecular weight excluding hydrogens is 588 g/mol. The van der Waals surface area contributed by atoms with Crippen LogP contribution >= 0.6 is 0 Å². The van der Waals surface area contributed by atoms with Crippen LogP contribution in [-0.2, 0) is 4.74 Å². The Labute approximate surface area is 268 Å². The predicted octanol–water partition coefficient (Wildman–Crippen LogP) is 8.72. The van der Waals surface area contributed by atoms with Gasteiger partial charge in [0.15, 0.2) is 0 Å². The molecule has 0 unspecified atom stereocenters. The highest BCUT2D eigenvalue weighted by Gasteiger charge is 2.34. The SMILES string of the molecule is CCCCCCCCOc1ccc(/C=C/C=N/N=C2\c3cc([N+](=O)[O-])ccc3-c3c(C(=O)OCCCC)cc([N+](=O)[O-])cc32)cc1. The first kappa shape index (κ1) is 33.7. The third-order valence-corrected chi connectivity index (χ3v) is 7.52. The number of benzene rings is 3. The maximum Gasteiger partial charge on any atom is 0.339 e. The molecular formula is C35H38N4O7. The number of carbonyl (C=O) groups excluding carboxylic acids is 1. The maximum absolute atomic E-state index is 13.1. The normalized spacial score (nSPS) is 12.9. The quantitative estimate of drug-likeness (QED) is 0.0374. The van der Waals surface area contributed by atoms with Gasteiger partial charge >= 0.3 is 5.97 Å². The summed E-state index contributed by atoms with van der Waals surface area (Å²) in [5.41, 5.74) is 2.00. The molecule has 11 nitrogen and oxygen atoms in total. The molecule has 0 radical (unpaired) electrons. The van der Waals surface area contributed by atoms with Gasteiger partial charge in [-0.05, 0) is 48.2 Å². The number of nitrogens with zero attached hydrogens (tertiary/aromatic N) is 4. The number of ether oxygens (including phenoxy) is 2. The number of hydrogen-bond donors (Lipinski definition) is 0. The topological polar surface area (TPSA) is 147 Å². The minimum atomic E-state index is -0.718. The van der Waals surface area contributed by atoms with E-state index in [4.69, 9.17) is 9.47 Å². The summed E-state index contributed by atoms with van der Waals surface area (Å²) in [6.45, 7) is 5.00. The summed E-state index contributed by atoms with van der Waals surface area (Å²) >= 11 is 0. The summed E-state index contributed by atoms with van der Waals surface area (Å²) < 4.78 is 11.2. The lowest BCUT2D eigenvalue weighted by atomic mass is 9.98. The molecule has 0 spiro atoms. The zero-order valence-corrected chi connectivity index (χ0v) is 26.1. The van der Waals surface area contributed by atoms with Crippen molar-refractivity contribution < 1.29 is 24.1 Å². The highest BCUT2D eigenvalue weighted by molar-refractivity contribution is 6.27. The molecule has 4 rings (SSSR count). The Hall–Kier alpha value is -5.19. The first-order valence-corrected chi connectivity index (χ1v) is 15.6. The van der Waals surface area contributed by atoms with Crippen molar-refractivity contribution in [2.75, 3.05) is 13.2 Å². The van der Waals surface area contributed by atoms with Crippen LogP contribution in [0.2, 0.25) is 0 Å². The zero-order valence-electron chi connectivity index (χ0n) is 26.1. The Kier molecular flexibility index (Phi) is 12.3. The van der Waals surface area contributed by atoms with Crippen molar-refractivity contribution >= 4 is 35.3 Å². The lowest BCUT2D eigenvalue weighted by molar-refractivity contribution is -0.385. The average molecular weight is 627 g/mol. The van der Waals surface area contributed by atoms with Crippen molar-refractivity contribution in [2.45, 2.75) is 65.2 Å². The molecule has 0 saturated heterocycles. The molecule has 0 bridgehead atoms. The fraction of sp³-hybridized carbons (Fsp3) is 0.343. The fourth-order valence-electron chi connectivity index (χ4n) is 5.10. The van der Waals surface area contributed by atoms with Gasteiger partial charge in [0.2, 0.25) is 0 Å². The van der Waals surface area contributed by atoms with Crippen LogP contribution in [-0.4, -0.2) is 41.0 Å². The summed E-state index contributed by atoms with van der Waals surface area (Å²) in [4.78, 5) is 35.3. The van der Waals surface area contributed by atoms with E-state index in [0.29, 0.717) is 29.7 Å². The Morgan fingerprint density at radius 1 is 0.783 bits per heavy atom. The van der Waals surface area contributed by atoms with Gasteiger partial charge in [-0.2, -0.15) is 5.10 Å². The van der Waals surface area contributed by atoms with Crippen LogP contribution in [0.1, 0.15) is 92.3 Å². The van der Waals surface area contributed by atoms with E-state index >= 15 is 0 Å². The molecule has 0 N–H and O–H groups in total. The van der Waals surface area contributed by atoms with E-state index in [2.05, 4.69) is 17.1 Å². The number of carbonyl (C=O) groups is 1. The minimum absolute atomic E-state index is 0.0103. The summed E-state index contributed by atoms with van der Waals surface area (Å²) in [6.07, 6.45) is 13.6. The number of allylic oxidation sites excluding steroid dienone is 1. The molecule has 3 aromatic rings. The number of esters is 1. The lowest BCUT2D eigenvalue weighted by Gasteiger charge is -2.09. The van der Waals surface area contributed by atoms with E-state index in [1.165, 1.54) is 62.6 Å². The van der Waals surface area contributed by atoms with Crippen LogP contribution < -0.4 is 4.74 Å². The number of nitro benzene ring substituents is 2. The highest BCUT2D eigenvalue weighted by Crippen LogP contribution is 2.43. The van der Waals surface area contributed by atoms with Crippen molar-refractivity contribution in [1.29, 1.82) is 0 Å². The molecule has 0 amide bonds. The molecule has 0 atom stereocenters. The Balaban J connectivity index is 1.55. The first-order valence-electron chi connectivity index (χ1n) is 15.6. The second-order valence-corrected chi connectivity index (χ2v) is 10.9. The predicted molar refractivity (Wildman–Crippen MR) is 179 cm³/mol. The Morgan fingerprint density at radius 2 is 1.48 bits per heavy atom. The summed E-state index contributed by atoms with van der Waals surface area (Å²) in [5.74, 6) is 0.0883. The highest BCUT2D eigenvalue weighted by atomic mass is 16.6. The van der Waals surface area contributed by atoms with E-state index in [1.54, 1.807) is 6.08 Å². The third-order valence-electron chi connectivity index (χ3n) is 7.52. The summed E-state index contributed by atoms with van der Waals surface area (Å²) in [6, 6.07) is 14.3. The molecule has 0 aromatic heterocycles. The van der Waals surface area contributed by atoms with Gasteiger partial charge in [-0.1, -0.05) is 70.6 Å². The molecule has 1 aliphatic carbocycles. The molecule has 3 aromatic carbocycles. The van der Waals surface area contributed by atoms with E-state index < -0.39 is 15.8 Å². The van der Waals surface area contributed by atoms with Gasteiger partial charge in [0, 0.05) is 47.2 Å². The van der Waals surface area contributed by atoms with Crippen LogP contribution in [0.4, 0.5) is 11.4 Å². The van der Waals surface area contributed by atoms with Crippen LogP contribution in [0.25, 0.3) is 17.2 Å². The molecule has 46 heavy (non-hydrogen) atoms. The molecule has 240 valence electrons. The molecule has 0 heterocycles. The number of non-ortho nitro benzene ring substituents is 2. The third kappa shape index (κ3) is 8.71. The Morgan fingerprint density at radius 3 is 2.20 bits per heavy atom. The van der Waals surface area contributed by atoms with Crippen molar-refractivity contribution in [3.63, 3.8) is 0 Å². The summed E-state index contributed by atoms with van der Waals surface area (Å²) in [7, 11) is 0. The van der Waals surface area contributed by atoms with Crippen LogP contribution in [0.3, 0.4) is 0 Å².